The molecule has 0 radical (unpaired) electrons. The summed E-state index contributed by atoms with van der Waals surface area (Å²) in [4.78, 5) is 15.5. The maximum absolute atomic E-state index is 12.2. The van der Waals surface area contributed by atoms with Crippen LogP contribution in [-0.4, -0.2) is 10.9 Å². The number of amides is 1. The molecule has 0 atom stereocenters. The van der Waals surface area contributed by atoms with Crippen molar-refractivity contribution in [1.82, 2.24) is 10.3 Å². The van der Waals surface area contributed by atoms with E-state index in [1.165, 1.54) is 5.39 Å². The fourth-order valence-electron chi connectivity index (χ4n) is 2.62. The van der Waals surface area contributed by atoms with E-state index < -0.39 is 0 Å². The minimum atomic E-state index is -0.0424. The zero-order valence-corrected chi connectivity index (χ0v) is 13.4. The van der Waals surface area contributed by atoms with Gasteiger partial charge in [-0.25, -0.2) is 0 Å². The van der Waals surface area contributed by atoms with Crippen molar-refractivity contribution < 1.29 is 4.79 Å². The molecule has 3 nitrogen and oxygen atoms in total. The molecule has 0 unspecified atom stereocenters. The Balaban J connectivity index is 1.66. The van der Waals surface area contributed by atoms with Crippen molar-refractivity contribution >= 4 is 22.9 Å². The number of aromatic nitrogens is 1. The molecule has 0 saturated carbocycles. The fraction of sp³-hybridized carbons (Fsp3) is 0.150. The van der Waals surface area contributed by atoms with Crippen LogP contribution in [-0.2, 0) is 11.3 Å². The molecule has 0 aliphatic carbocycles. The molecule has 0 aliphatic rings. The van der Waals surface area contributed by atoms with Gasteiger partial charge in [0.15, 0.2) is 0 Å². The highest BCUT2D eigenvalue weighted by Gasteiger charge is 2.05. The lowest BCUT2D eigenvalue weighted by atomic mass is 10.1. The van der Waals surface area contributed by atoms with Gasteiger partial charge in [0.2, 0.25) is 5.91 Å². The van der Waals surface area contributed by atoms with Gasteiger partial charge in [0.25, 0.3) is 0 Å². The highest BCUT2D eigenvalue weighted by atomic mass is 16.1. The third-order valence-corrected chi connectivity index (χ3v) is 3.81. The molecule has 0 bridgehead atoms. The second kappa shape index (κ2) is 6.53. The standard InChI is InChI=1S/C20H20N2O/c1-14(10-16-6-4-3-5-7-16)20(23)21-13-17-8-9-19-18(12-17)11-15(2)22-19/h3-12,22H,13H2,1-2H3,(H,21,23)/b14-10+. The third-order valence-electron chi connectivity index (χ3n) is 3.81. The molecule has 3 rings (SSSR count). The van der Waals surface area contributed by atoms with Crippen molar-refractivity contribution in [1.29, 1.82) is 0 Å². The van der Waals surface area contributed by atoms with Crippen LogP contribution in [0, 0.1) is 6.92 Å². The van der Waals surface area contributed by atoms with Gasteiger partial charge in [0, 0.05) is 23.3 Å². The molecule has 23 heavy (non-hydrogen) atoms. The van der Waals surface area contributed by atoms with Crippen LogP contribution >= 0.6 is 0 Å². The molecule has 1 amide bonds. The minimum absolute atomic E-state index is 0.0424. The summed E-state index contributed by atoms with van der Waals surface area (Å²) in [6, 6.07) is 18.2. The second-order valence-corrected chi connectivity index (χ2v) is 5.79. The van der Waals surface area contributed by atoms with Crippen molar-refractivity contribution in [2.75, 3.05) is 0 Å². The number of hydrogen-bond acceptors (Lipinski definition) is 1. The molecule has 1 heterocycles. The zero-order valence-electron chi connectivity index (χ0n) is 13.4. The average Bonchev–Trinajstić information content (AvgIpc) is 2.92. The Morgan fingerprint density at radius 1 is 1.13 bits per heavy atom. The molecule has 1 aromatic heterocycles. The Kier molecular flexibility index (Phi) is 4.29. The van der Waals surface area contributed by atoms with E-state index in [4.69, 9.17) is 0 Å². The summed E-state index contributed by atoms with van der Waals surface area (Å²) in [6.45, 7) is 4.40. The van der Waals surface area contributed by atoms with Gasteiger partial charge in [0.05, 0.1) is 0 Å². The van der Waals surface area contributed by atoms with Gasteiger partial charge >= 0.3 is 0 Å². The topological polar surface area (TPSA) is 44.9 Å². The maximum Gasteiger partial charge on any atom is 0.247 e. The number of hydrogen-bond donors (Lipinski definition) is 2. The zero-order chi connectivity index (χ0) is 16.2. The lowest BCUT2D eigenvalue weighted by molar-refractivity contribution is -0.117. The Morgan fingerprint density at radius 3 is 2.70 bits per heavy atom. The van der Waals surface area contributed by atoms with Crippen LogP contribution in [0.1, 0.15) is 23.7 Å². The number of nitrogens with one attached hydrogen (secondary N) is 2. The molecule has 3 heteroatoms. The van der Waals surface area contributed by atoms with E-state index in [0.29, 0.717) is 12.1 Å². The molecular formula is C20H20N2O. The highest BCUT2D eigenvalue weighted by molar-refractivity contribution is 5.97. The summed E-state index contributed by atoms with van der Waals surface area (Å²) in [5.41, 5.74) is 5.09. The number of rotatable bonds is 4. The number of carbonyl (C=O) groups is 1. The molecule has 2 N–H and O–H groups in total. The number of aryl methyl sites for hydroxylation is 1. The van der Waals surface area contributed by atoms with Crippen molar-refractivity contribution in [3.8, 4) is 0 Å². The van der Waals surface area contributed by atoms with E-state index in [-0.39, 0.29) is 5.91 Å². The van der Waals surface area contributed by atoms with E-state index in [1.807, 2.05) is 56.3 Å². The monoisotopic (exact) mass is 304 g/mol. The normalized spacial score (nSPS) is 11.7. The number of aromatic amines is 1. The van der Waals surface area contributed by atoms with E-state index in [9.17, 15) is 4.79 Å². The Hall–Kier alpha value is -2.81. The predicted molar refractivity (Wildman–Crippen MR) is 95.0 cm³/mol. The van der Waals surface area contributed by atoms with Crippen molar-refractivity contribution in [3.05, 3.63) is 77.0 Å². The molecule has 0 fully saturated rings. The largest absolute Gasteiger partial charge is 0.359 e. The lowest BCUT2D eigenvalue weighted by Crippen LogP contribution is -2.23. The number of benzene rings is 2. The summed E-state index contributed by atoms with van der Waals surface area (Å²) in [5, 5.41) is 4.15. The summed E-state index contributed by atoms with van der Waals surface area (Å²) >= 11 is 0. The van der Waals surface area contributed by atoms with Gasteiger partial charge in [-0.3, -0.25) is 4.79 Å². The van der Waals surface area contributed by atoms with Crippen LogP contribution in [0.25, 0.3) is 17.0 Å². The molecule has 0 saturated heterocycles. The van der Waals surface area contributed by atoms with Crippen molar-refractivity contribution in [2.24, 2.45) is 0 Å². The highest BCUT2D eigenvalue weighted by Crippen LogP contribution is 2.17. The Bertz CT molecular complexity index is 860. The number of H-pyrrole nitrogens is 1. The molecule has 116 valence electrons. The van der Waals surface area contributed by atoms with Gasteiger partial charge in [-0.15, -0.1) is 0 Å². The summed E-state index contributed by atoms with van der Waals surface area (Å²) < 4.78 is 0. The van der Waals surface area contributed by atoms with E-state index >= 15 is 0 Å². The van der Waals surface area contributed by atoms with Gasteiger partial charge in [-0.2, -0.15) is 0 Å². The first-order valence-electron chi connectivity index (χ1n) is 7.71. The van der Waals surface area contributed by atoms with E-state index in [1.54, 1.807) is 0 Å². The summed E-state index contributed by atoms with van der Waals surface area (Å²) in [6.07, 6.45) is 1.90. The van der Waals surface area contributed by atoms with Gasteiger partial charge in [-0.05, 0) is 54.6 Å². The van der Waals surface area contributed by atoms with Crippen molar-refractivity contribution in [2.45, 2.75) is 20.4 Å². The van der Waals surface area contributed by atoms with E-state index in [2.05, 4.69) is 28.5 Å². The fourth-order valence-corrected chi connectivity index (χ4v) is 2.62. The first-order valence-corrected chi connectivity index (χ1v) is 7.71. The average molecular weight is 304 g/mol. The van der Waals surface area contributed by atoms with E-state index in [0.717, 1.165) is 22.3 Å². The van der Waals surface area contributed by atoms with Gasteiger partial charge < -0.3 is 10.3 Å². The SMILES string of the molecule is C/C(=C\c1ccccc1)C(=O)NCc1ccc2[nH]c(C)cc2c1. The minimum Gasteiger partial charge on any atom is -0.359 e. The quantitative estimate of drug-likeness (QED) is 0.697. The first kappa shape index (κ1) is 15.1. The summed E-state index contributed by atoms with van der Waals surface area (Å²) in [5.74, 6) is -0.0424. The third kappa shape index (κ3) is 3.69. The van der Waals surface area contributed by atoms with Crippen LogP contribution in [0.2, 0.25) is 0 Å². The van der Waals surface area contributed by atoms with Crippen LogP contribution in [0.5, 0.6) is 0 Å². The van der Waals surface area contributed by atoms with Gasteiger partial charge in [-0.1, -0.05) is 36.4 Å². The molecule has 3 aromatic rings. The van der Waals surface area contributed by atoms with Crippen LogP contribution in [0.4, 0.5) is 0 Å². The molecule has 0 spiro atoms. The Morgan fingerprint density at radius 2 is 1.91 bits per heavy atom. The Labute approximate surface area is 136 Å². The van der Waals surface area contributed by atoms with Gasteiger partial charge in [0.1, 0.15) is 0 Å². The molecular weight excluding hydrogens is 284 g/mol. The number of fused-ring (bicyclic) bond motifs is 1. The van der Waals surface area contributed by atoms with Crippen LogP contribution < -0.4 is 5.32 Å². The van der Waals surface area contributed by atoms with Crippen LogP contribution in [0.3, 0.4) is 0 Å². The smallest absolute Gasteiger partial charge is 0.247 e. The lowest BCUT2D eigenvalue weighted by Gasteiger charge is -2.06. The second-order valence-electron chi connectivity index (χ2n) is 5.79. The maximum atomic E-state index is 12.2. The first-order chi connectivity index (χ1) is 11.1. The van der Waals surface area contributed by atoms with Crippen LogP contribution in [0.15, 0.2) is 60.2 Å². The molecule has 2 aromatic carbocycles. The predicted octanol–water partition coefficient (Wildman–Crippen LogP) is 4.20. The number of carbonyl (C=O) groups excluding carboxylic acids is 1. The van der Waals surface area contributed by atoms with Crippen molar-refractivity contribution in [3.63, 3.8) is 0 Å². The summed E-state index contributed by atoms with van der Waals surface area (Å²) in [7, 11) is 0. The molecule has 0 aliphatic heterocycles.